The summed E-state index contributed by atoms with van der Waals surface area (Å²) in [6, 6.07) is 6.46. The molecule has 6 heteroatoms. The van der Waals surface area contributed by atoms with Crippen LogP contribution in [0.25, 0.3) is 0 Å². The smallest absolute Gasteiger partial charge is 0.459 e. The van der Waals surface area contributed by atoms with Gasteiger partial charge in [0.05, 0.1) is 18.8 Å². The number of ether oxygens (including phenoxy) is 3. The zero-order chi connectivity index (χ0) is 15.7. The van der Waals surface area contributed by atoms with E-state index < -0.39 is 12.1 Å². The van der Waals surface area contributed by atoms with Crippen molar-refractivity contribution in [2.75, 3.05) is 13.2 Å². The van der Waals surface area contributed by atoms with Gasteiger partial charge in [-0.25, -0.2) is 9.59 Å². The van der Waals surface area contributed by atoms with E-state index in [2.05, 4.69) is 4.74 Å². The Labute approximate surface area is 129 Å². The van der Waals surface area contributed by atoms with Crippen molar-refractivity contribution in [2.45, 2.75) is 32.8 Å². The SMILES string of the molecule is CCOC(=O)OCCC(CC)OC(=O)c1ccc(Cl)cc1. The molecule has 1 atom stereocenters. The number of carbonyl (C=O) groups excluding carboxylic acids is 2. The molecule has 116 valence electrons. The molecule has 0 saturated carbocycles. The van der Waals surface area contributed by atoms with E-state index >= 15 is 0 Å². The Bertz CT molecular complexity index is 458. The Morgan fingerprint density at radius 2 is 1.81 bits per heavy atom. The van der Waals surface area contributed by atoms with Crippen LogP contribution in [0, 0.1) is 0 Å². The van der Waals surface area contributed by atoms with Crippen molar-refractivity contribution in [3.8, 4) is 0 Å². The average molecular weight is 315 g/mol. The Kier molecular flexibility index (Phi) is 7.61. The van der Waals surface area contributed by atoms with Crippen LogP contribution in [-0.2, 0) is 14.2 Å². The first-order valence-electron chi connectivity index (χ1n) is 6.82. The number of carbonyl (C=O) groups is 2. The van der Waals surface area contributed by atoms with Gasteiger partial charge in [0.2, 0.25) is 0 Å². The van der Waals surface area contributed by atoms with Crippen molar-refractivity contribution in [3.05, 3.63) is 34.9 Å². The first kappa shape index (κ1) is 17.3. The van der Waals surface area contributed by atoms with Gasteiger partial charge in [-0.05, 0) is 37.6 Å². The predicted octanol–water partition coefficient (Wildman–Crippen LogP) is 3.84. The Morgan fingerprint density at radius 3 is 2.38 bits per heavy atom. The van der Waals surface area contributed by atoms with Crippen LogP contribution in [-0.4, -0.2) is 31.4 Å². The molecular weight excluding hydrogens is 296 g/mol. The summed E-state index contributed by atoms with van der Waals surface area (Å²) in [6.45, 7) is 4.00. The Morgan fingerprint density at radius 1 is 1.14 bits per heavy atom. The summed E-state index contributed by atoms with van der Waals surface area (Å²) >= 11 is 5.76. The van der Waals surface area contributed by atoms with Gasteiger partial charge in [0.15, 0.2) is 0 Å². The van der Waals surface area contributed by atoms with Crippen LogP contribution in [0.4, 0.5) is 4.79 Å². The van der Waals surface area contributed by atoms with Crippen LogP contribution in [0.15, 0.2) is 24.3 Å². The normalized spacial score (nSPS) is 11.6. The molecule has 0 saturated heterocycles. The predicted molar refractivity (Wildman–Crippen MR) is 78.5 cm³/mol. The summed E-state index contributed by atoms with van der Waals surface area (Å²) in [5.41, 5.74) is 0.434. The summed E-state index contributed by atoms with van der Waals surface area (Å²) in [5.74, 6) is -0.422. The van der Waals surface area contributed by atoms with Crippen LogP contribution in [0.2, 0.25) is 5.02 Å². The lowest BCUT2D eigenvalue weighted by Gasteiger charge is -2.16. The average Bonchev–Trinajstić information content (AvgIpc) is 2.47. The molecular formula is C15H19ClO5. The van der Waals surface area contributed by atoms with Gasteiger partial charge in [-0.2, -0.15) is 0 Å². The Hall–Kier alpha value is -1.75. The molecule has 1 rings (SSSR count). The van der Waals surface area contributed by atoms with Crippen molar-refractivity contribution in [3.63, 3.8) is 0 Å². The monoisotopic (exact) mass is 314 g/mol. The number of rotatable bonds is 7. The van der Waals surface area contributed by atoms with Crippen LogP contribution in [0.3, 0.4) is 0 Å². The highest BCUT2D eigenvalue weighted by molar-refractivity contribution is 6.30. The van der Waals surface area contributed by atoms with E-state index in [1.54, 1.807) is 31.2 Å². The molecule has 5 nitrogen and oxygen atoms in total. The fraction of sp³-hybridized carbons (Fsp3) is 0.467. The quantitative estimate of drug-likeness (QED) is 0.716. The summed E-state index contributed by atoms with van der Waals surface area (Å²) < 4.78 is 14.8. The van der Waals surface area contributed by atoms with E-state index in [1.807, 2.05) is 6.92 Å². The van der Waals surface area contributed by atoms with Gasteiger partial charge in [0.25, 0.3) is 0 Å². The van der Waals surface area contributed by atoms with Crippen molar-refractivity contribution in [2.24, 2.45) is 0 Å². The molecule has 0 heterocycles. The standard InChI is InChI=1S/C15H19ClO5/c1-3-13(9-10-20-15(18)19-4-2)21-14(17)11-5-7-12(16)8-6-11/h5-8,13H,3-4,9-10H2,1-2H3. The van der Waals surface area contributed by atoms with E-state index in [4.69, 9.17) is 21.1 Å². The number of benzene rings is 1. The summed E-state index contributed by atoms with van der Waals surface area (Å²) in [6.07, 6.45) is 0.0270. The maximum Gasteiger partial charge on any atom is 0.508 e. The molecule has 21 heavy (non-hydrogen) atoms. The zero-order valence-electron chi connectivity index (χ0n) is 12.1. The van der Waals surface area contributed by atoms with Gasteiger partial charge in [0, 0.05) is 11.4 Å². The minimum absolute atomic E-state index is 0.144. The minimum atomic E-state index is -0.712. The lowest BCUT2D eigenvalue weighted by atomic mass is 10.2. The van der Waals surface area contributed by atoms with Crippen molar-refractivity contribution < 1.29 is 23.8 Å². The maximum absolute atomic E-state index is 11.9. The van der Waals surface area contributed by atoms with E-state index in [0.29, 0.717) is 23.4 Å². The summed E-state index contributed by atoms with van der Waals surface area (Å²) in [5, 5.41) is 0.557. The molecule has 0 aromatic heterocycles. The van der Waals surface area contributed by atoms with E-state index in [1.165, 1.54) is 0 Å². The number of hydrogen-bond donors (Lipinski definition) is 0. The van der Waals surface area contributed by atoms with Crippen LogP contribution in [0.5, 0.6) is 0 Å². The van der Waals surface area contributed by atoms with Gasteiger partial charge in [0.1, 0.15) is 6.10 Å². The fourth-order valence-electron chi connectivity index (χ4n) is 1.58. The highest BCUT2D eigenvalue weighted by atomic mass is 35.5. The van der Waals surface area contributed by atoms with Crippen LogP contribution >= 0.6 is 11.6 Å². The molecule has 0 aliphatic heterocycles. The maximum atomic E-state index is 11.9. The molecule has 0 aliphatic carbocycles. The largest absolute Gasteiger partial charge is 0.508 e. The van der Waals surface area contributed by atoms with Gasteiger partial charge in [-0.1, -0.05) is 18.5 Å². The van der Waals surface area contributed by atoms with E-state index in [9.17, 15) is 9.59 Å². The third-order valence-corrected chi connectivity index (χ3v) is 2.98. The first-order chi connectivity index (χ1) is 10.1. The van der Waals surface area contributed by atoms with Crippen molar-refractivity contribution in [1.82, 2.24) is 0 Å². The molecule has 0 N–H and O–H groups in total. The van der Waals surface area contributed by atoms with Gasteiger partial charge >= 0.3 is 12.1 Å². The molecule has 0 amide bonds. The topological polar surface area (TPSA) is 61.8 Å². The Balaban J connectivity index is 2.41. The second kappa shape index (κ2) is 9.23. The fourth-order valence-corrected chi connectivity index (χ4v) is 1.71. The summed E-state index contributed by atoms with van der Waals surface area (Å²) in [7, 11) is 0. The van der Waals surface area contributed by atoms with Crippen molar-refractivity contribution in [1.29, 1.82) is 0 Å². The van der Waals surface area contributed by atoms with Gasteiger partial charge in [-0.15, -0.1) is 0 Å². The van der Waals surface area contributed by atoms with E-state index in [0.717, 1.165) is 0 Å². The molecule has 1 unspecified atom stereocenters. The number of halogens is 1. The molecule has 0 aliphatic rings. The molecule has 1 aromatic carbocycles. The van der Waals surface area contributed by atoms with Crippen molar-refractivity contribution >= 4 is 23.7 Å². The third kappa shape index (κ3) is 6.49. The highest BCUT2D eigenvalue weighted by Crippen LogP contribution is 2.13. The van der Waals surface area contributed by atoms with E-state index in [-0.39, 0.29) is 19.3 Å². The molecule has 0 spiro atoms. The van der Waals surface area contributed by atoms with Crippen LogP contribution in [0.1, 0.15) is 37.0 Å². The molecule has 1 aromatic rings. The lowest BCUT2D eigenvalue weighted by molar-refractivity contribution is 0.0158. The minimum Gasteiger partial charge on any atom is -0.459 e. The number of hydrogen-bond acceptors (Lipinski definition) is 5. The second-order valence-corrected chi connectivity index (χ2v) is 4.70. The first-order valence-corrected chi connectivity index (χ1v) is 7.20. The second-order valence-electron chi connectivity index (χ2n) is 4.26. The van der Waals surface area contributed by atoms with Gasteiger partial charge < -0.3 is 14.2 Å². The lowest BCUT2D eigenvalue weighted by Crippen LogP contribution is -2.20. The molecule has 0 bridgehead atoms. The third-order valence-electron chi connectivity index (χ3n) is 2.73. The van der Waals surface area contributed by atoms with Crippen LogP contribution < -0.4 is 0 Å². The molecule has 0 radical (unpaired) electrons. The zero-order valence-corrected chi connectivity index (χ0v) is 12.9. The molecule has 0 fully saturated rings. The van der Waals surface area contributed by atoms with Gasteiger partial charge in [-0.3, -0.25) is 0 Å². The number of esters is 1. The summed E-state index contributed by atoms with van der Waals surface area (Å²) in [4.78, 5) is 23.0. The highest BCUT2D eigenvalue weighted by Gasteiger charge is 2.15.